The Hall–Kier alpha value is -3.04. The van der Waals surface area contributed by atoms with E-state index in [-0.39, 0.29) is 0 Å². The van der Waals surface area contributed by atoms with Crippen LogP contribution in [-0.2, 0) is 6.54 Å². The zero-order chi connectivity index (χ0) is 17.2. The fourth-order valence-electron chi connectivity index (χ4n) is 2.44. The van der Waals surface area contributed by atoms with Crippen molar-refractivity contribution in [1.82, 2.24) is 5.43 Å². The van der Waals surface area contributed by atoms with Gasteiger partial charge in [-0.3, -0.25) is 0 Å². The molecular formula is C22H22N2O. The van der Waals surface area contributed by atoms with Crippen molar-refractivity contribution in [3.05, 3.63) is 102 Å². The molecule has 0 aromatic heterocycles. The first-order valence-corrected chi connectivity index (χ1v) is 8.38. The minimum Gasteiger partial charge on any atom is -0.489 e. The summed E-state index contributed by atoms with van der Waals surface area (Å²) in [6.07, 6.45) is 4.10. The van der Waals surface area contributed by atoms with Crippen LogP contribution in [0.5, 0.6) is 5.75 Å². The number of rotatable bonds is 8. The van der Waals surface area contributed by atoms with E-state index in [1.54, 1.807) is 0 Å². The summed E-state index contributed by atoms with van der Waals surface area (Å²) < 4.78 is 5.91. The molecule has 0 heterocycles. The number of hydrogen-bond acceptors (Lipinski definition) is 3. The van der Waals surface area contributed by atoms with Gasteiger partial charge < -0.3 is 10.2 Å². The molecule has 0 fully saturated rings. The quantitative estimate of drug-likeness (QED) is 0.577. The predicted octanol–water partition coefficient (Wildman–Crippen LogP) is 4.90. The van der Waals surface area contributed by atoms with Gasteiger partial charge in [0.1, 0.15) is 12.4 Å². The molecule has 0 spiro atoms. The first-order valence-electron chi connectivity index (χ1n) is 8.38. The van der Waals surface area contributed by atoms with Gasteiger partial charge in [-0.15, -0.1) is 0 Å². The zero-order valence-electron chi connectivity index (χ0n) is 14.1. The summed E-state index contributed by atoms with van der Waals surface area (Å²) >= 11 is 0. The number of benzene rings is 3. The summed E-state index contributed by atoms with van der Waals surface area (Å²) in [5.41, 5.74) is 9.73. The van der Waals surface area contributed by atoms with Crippen LogP contribution < -0.4 is 15.6 Å². The molecule has 0 aliphatic heterocycles. The Kier molecular flexibility index (Phi) is 6.25. The van der Waals surface area contributed by atoms with Gasteiger partial charge in [-0.1, -0.05) is 72.8 Å². The summed E-state index contributed by atoms with van der Waals surface area (Å²) in [5.74, 6) is 0.891. The van der Waals surface area contributed by atoms with Crippen LogP contribution >= 0.6 is 0 Å². The van der Waals surface area contributed by atoms with Gasteiger partial charge in [-0.25, -0.2) is 5.43 Å². The van der Waals surface area contributed by atoms with Gasteiger partial charge in [0, 0.05) is 17.8 Å². The standard InChI is InChI=1S/C22H22N2O/c1-3-10-19(11-4-1)12-9-17-25-22-16-8-7-13-20(22)18-23-24-21-14-5-2-6-15-21/h1-16,23-24H,17-18H2. The fraction of sp³-hybridized carbons (Fsp3) is 0.0909. The summed E-state index contributed by atoms with van der Waals surface area (Å²) in [4.78, 5) is 0. The molecule has 0 unspecified atom stereocenters. The molecule has 25 heavy (non-hydrogen) atoms. The summed E-state index contributed by atoms with van der Waals surface area (Å²) in [7, 11) is 0. The van der Waals surface area contributed by atoms with Gasteiger partial charge >= 0.3 is 0 Å². The summed E-state index contributed by atoms with van der Waals surface area (Å²) in [6.45, 7) is 1.21. The van der Waals surface area contributed by atoms with Gasteiger partial charge in [0.25, 0.3) is 0 Å². The van der Waals surface area contributed by atoms with Crippen molar-refractivity contribution in [3.8, 4) is 5.75 Å². The maximum absolute atomic E-state index is 5.91. The van der Waals surface area contributed by atoms with E-state index >= 15 is 0 Å². The maximum atomic E-state index is 5.91. The van der Waals surface area contributed by atoms with Crippen molar-refractivity contribution >= 4 is 11.8 Å². The second-order valence-electron chi connectivity index (χ2n) is 5.58. The SMILES string of the molecule is C(=Cc1ccccc1)COc1ccccc1CNNc1ccccc1. The molecule has 0 saturated heterocycles. The van der Waals surface area contributed by atoms with Gasteiger partial charge in [0.15, 0.2) is 0 Å². The van der Waals surface area contributed by atoms with Crippen LogP contribution in [0.4, 0.5) is 5.69 Å². The highest BCUT2D eigenvalue weighted by Gasteiger charge is 2.01. The average Bonchev–Trinajstić information content (AvgIpc) is 2.68. The lowest BCUT2D eigenvalue weighted by Crippen LogP contribution is -2.21. The van der Waals surface area contributed by atoms with Crippen LogP contribution in [0.3, 0.4) is 0 Å². The summed E-state index contributed by atoms with van der Waals surface area (Å²) in [5, 5.41) is 0. The minimum atomic E-state index is 0.540. The van der Waals surface area contributed by atoms with E-state index < -0.39 is 0 Å². The maximum Gasteiger partial charge on any atom is 0.124 e. The number of hydrazine groups is 1. The third-order valence-electron chi connectivity index (χ3n) is 3.70. The van der Waals surface area contributed by atoms with Gasteiger partial charge in [-0.2, -0.15) is 0 Å². The first kappa shape index (κ1) is 16.8. The third kappa shape index (κ3) is 5.52. The molecule has 3 heteroatoms. The van der Waals surface area contributed by atoms with E-state index in [0.29, 0.717) is 13.2 Å². The number of anilines is 1. The smallest absolute Gasteiger partial charge is 0.124 e. The average molecular weight is 330 g/mol. The van der Waals surface area contributed by atoms with Gasteiger partial charge in [0.05, 0.1) is 0 Å². The second kappa shape index (κ2) is 9.30. The van der Waals surface area contributed by atoms with Crippen LogP contribution in [0.25, 0.3) is 6.08 Å². The Morgan fingerprint density at radius 1 is 0.760 bits per heavy atom. The Morgan fingerprint density at radius 2 is 1.44 bits per heavy atom. The lowest BCUT2D eigenvalue weighted by molar-refractivity contribution is 0.358. The number of ether oxygens (including phenoxy) is 1. The molecule has 0 amide bonds. The first-order chi connectivity index (χ1) is 12.4. The zero-order valence-corrected chi connectivity index (χ0v) is 14.1. The molecule has 0 aliphatic carbocycles. The Labute approximate surface area is 148 Å². The van der Waals surface area contributed by atoms with Crippen LogP contribution in [0.2, 0.25) is 0 Å². The molecule has 0 bridgehead atoms. The van der Waals surface area contributed by atoms with Crippen molar-refractivity contribution in [2.75, 3.05) is 12.0 Å². The van der Waals surface area contributed by atoms with Crippen molar-refractivity contribution in [2.45, 2.75) is 6.54 Å². The highest BCUT2D eigenvalue weighted by molar-refractivity contribution is 5.48. The van der Waals surface area contributed by atoms with E-state index in [4.69, 9.17) is 4.74 Å². The van der Waals surface area contributed by atoms with Crippen LogP contribution in [0, 0.1) is 0 Å². The highest BCUT2D eigenvalue weighted by atomic mass is 16.5. The monoisotopic (exact) mass is 330 g/mol. The van der Waals surface area contributed by atoms with Crippen LogP contribution in [-0.4, -0.2) is 6.61 Å². The molecule has 3 aromatic carbocycles. The molecular weight excluding hydrogens is 308 g/mol. The van der Waals surface area contributed by atoms with Gasteiger partial charge in [0.2, 0.25) is 0 Å². The lowest BCUT2D eigenvalue weighted by Gasteiger charge is -2.12. The van der Waals surface area contributed by atoms with E-state index in [2.05, 4.69) is 35.1 Å². The van der Waals surface area contributed by atoms with E-state index in [0.717, 1.165) is 17.0 Å². The van der Waals surface area contributed by atoms with Gasteiger partial charge in [-0.05, 0) is 29.8 Å². The number of hydrogen-bond donors (Lipinski definition) is 2. The Bertz CT molecular complexity index is 785. The summed E-state index contributed by atoms with van der Waals surface area (Å²) in [6, 6.07) is 28.3. The predicted molar refractivity (Wildman–Crippen MR) is 104 cm³/mol. The van der Waals surface area contributed by atoms with E-state index in [9.17, 15) is 0 Å². The molecule has 126 valence electrons. The van der Waals surface area contributed by atoms with Crippen molar-refractivity contribution in [2.24, 2.45) is 0 Å². The molecule has 2 N–H and O–H groups in total. The lowest BCUT2D eigenvalue weighted by atomic mass is 10.2. The van der Waals surface area contributed by atoms with Crippen molar-refractivity contribution < 1.29 is 4.74 Å². The topological polar surface area (TPSA) is 33.3 Å². The number of nitrogens with one attached hydrogen (secondary N) is 2. The van der Waals surface area contributed by atoms with Crippen LogP contribution in [0.1, 0.15) is 11.1 Å². The normalized spacial score (nSPS) is 10.7. The third-order valence-corrected chi connectivity index (χ3v) is 3.70. The fourth-order valence-corrected chi connectivity index (χ4v) is 2.44. The van der Waals surface area contributed by atoms with E-state index in [1.807, 2.05) is 72.8 Å². The largest absolute Gasteiger partial charge is 0.489 e. The minimum absolute atomic E-state index is 0.540. The Morgan fingerprint density at radius 3 is 2.24 bits per heavy atom. The molecule has 0 radical (unpaired) electrons. The molecule has 3 aromatic rings. The highest BCUT2D eigenvalue weighted by Crippen LogP contribution is 2.18. The van der Waals surface area contributed by atoms with Crippen LogP contribution in [0.15, 0.2) is 91.0 Å². The number of para-hydroxylation sites is 2. The molecule has 0 aliphatic rings. The molecule has 0 atom stereocenters. The Balaban J connectivity index is 1.51. The van der Waals surface area contributed by atoms with Crippen molar-refractivity contribution in [1.29, 1.82) is 0 Å². The molecule has 3 nitrogen and oxygen atoms in total. The van der Waals surface area contributed by atoms with Crippen molar-refractivity contribution in [3.63, 3.8) is 0 Å². The van der Waals surface area contributed by atoms with E-state index in [1.165, 1.54) is 5.56 Å². The molecule has 0 saturated carbocycles. The second-order valence-corrected chi connectivity index (χ2v) is 5.58. The molecule has 3 rings (SSSR count).